The second-order valence-electron chi connectivity index (χ2n) is 8.95. The van der Waals surface area contributed by atoms with E-state index in [0.717, 1.165) is 43.7 Å². The molecule has 3 aromatic heterocycles. The van der Waals surface area contributed by atoms with Crippen LogP contribution in [-0.2, 0) is 19.6 Å². The highest BCUT2D eigenvalue weighted by Gasteiger charge is 2.09. The first kappa shape index (κ1) is 22.9. The Balaban J connectivity index is 1.16. The maximum atomic E-state index is 12.0. The van der Waals surface area contributed by atoms with Crippen LogP contribution in [0.25, 0.3) is 21.8 Å². The molecule has 3 heterocycles. The number of anilines is 1. The normalized spacial score (nSPS) is 11.3. The summed E-state index contributed by atoms with van der Waals surface area (Å²) in [6.45, 7) is 1.76. The highest BCUT2D eigenvalue weighted by Crippen LogP contribution is 2.23. The van der Waals surface area contributed by atoms with Crippen LogP contribution in [0.15, 0.2) is 102 Å². The van der Waals surface area contributed by atoms with Gasteiger partial charge < -0.3 is 9.88 Å². The second kappa shape index (κ2) is 9.87. The predicted molar refractivity (Wildman–Crippen MR) is 147 cm³/mol. The van der Waals surface area contributed by atoms with Crippen molar-refractivity contribution < 1.29 is 0 Å². The summed E-state index contributed by atoms with van der Waals surface area (Å²) in [7, 11) is 0. The van der Waals surface area contributed by atoms with E-state index >= 15 is 0 Å². The van der Waals surface area contributed by atoms with Crippen LogP contribution >= 0.6 is 11.6 Å². The monoisotopic (exact) mass is 506 g/mol. The smallest absolute Gasteiger partial charge is 0.250 e. The molecule has 8 heteroatoms. The van der Waals surface area contributed by atoms with Crippen molar-refractivity contribution in [3.8, 4) is 0 Å². The number of aromatic nitrogens is 5. The van der Waals surface area contributed by atoms with Gasteiger partial charge in [-0.3, -0.25) is 9.48 Å². The Morgan fingerprint density at radius 2 is 1.59 bits per heavy atom. The molecule has 7 nitrogen and oxygen atoms in total. The summed E-state index contributed by atoms with van der Waals surface area (Å²) >= 11 is 6.16. The topological polar surface area (TPSA) is 77.6 Å². The number of hydrogen-bond acceptors (Lipinski definition) is 5. The Hall–Kier alpha value is -4.49. The van der Waals surface area contributed by atoms with Gasteiger partial charge in [0.25, 0.3) is 5.56 Å². The molecule has 0 unspecified atom stereocenters. The van der Waals surface area contributed by atoms with Gasteiger partial charge in [0.1, 0.15) is 12.1 Å². The fourth-order valence-electron chi connectivity index (χ4n) is 4.39. The van der Waals surface area contributed by atoms with Crippen LogP contribution in [0, 0.1) is 0 Å². The van der Waals surface area contributed by atoms with Crippen LogP contribution in [0.4, 0.5) is 5.82 Å². The van der Waals surface area contributed by atoms with E-state index in [0.29, 0.717) is 25.3 Å². The number of nitrogens with one attached hydrogen (secondary N) is 1. The average molecular weight is 507 g/mol. The fourth-order valence-corrected chi connectivity index (χ4v) is 4.57. The van der Waals surface area contributed by atoms with Crippen molar-refractivity contribution in [1.29, 1.82) is 0 Å². The van der Waals surface area contributed by atoms with Crippen LogP contribution in [0.5, 0.6) is 0 Å². The van der Waals surface area contributed by atoms with E-state index in [-0.39, 0.29) is 5.56 Å². The van der Waals surface area contributed by atoms with Crippen LogP contribution in [0.1, 0.15) is 16.7 Å². The SMILES string of the molecule is O=c1ccccn1Cc1ccc(Cn2cc3c(NCc4ccc5ccc(Cl)cc5c4)ncnc3n2)cc1. The lowest BCUT2D eigenvalue weighted by molar-refractivity contribution is 0.692. The lowest BCUT2D eigenvalue weighted by Gasteiger charge is -2.08. The van der Waals surface area contributed by atoms with Gasteiger partial charge in [0.15, 0.2) is 5.65 Å². The summed E-state index contributed by atoms with van der Waals surface area (Å²) in [5.41, 5.74) is 3.94. The number of nitrogens with zero attached hydrogens (tertiary/aromatic N) is 5. The molecule has 0 fully saturated rings. The van der Waals surface area contributed by atoms with Crippen LogP contribution in [0.2, 0.25) is 5.02 Å². The summed E-state index contributed by atoms with van der Waals surface area (Å²) < 4.78 is 3.56. The van der Waals surface area contributed by atoms with E-state index in [9.17, 15) is 4.79 Å². The molecule has 37 heavy (non-hydrogen) atoms. The quantitative estimate of drug-likeness (QED) is 0.309. The molecule has 0 spiro atoms. The highest BCUT2D eigenvalue weighted by atomic mass is 35.5. The molecule has 0 amide bonds. The van der Waals surface area contributed by atoms with Crippen LogP contribution in [0.3, 0.4) is 0 Å². The molecule has 0 aliphatic carbocycles. The van der Waals surface area contributed by atoms with Gasteiger partial charge >= 0.3 is 0 Å². The Morgan fingerprint density at radius 1 is 0.811 bits per heavy atom. The third-order valence-electron chi connectivity index (χ3n) is 6.31. The van der Waals surface area contributed by atoms with E-state index in [2.05, 4.69) is 50.7 Å². The third kappa shape index (κ3) is 5.08. The maximum absolute atomic E-state index is 12.0. The van der Waals surface area contributed by atoms with Crippen molar-refractivity contribution >= 4 is 39.2 Å². The molecule has 1 N–H and O–H groups in total. The van der Waals surface area contributed by atoms with Gasteiger partial charge in [0.2, 0.25) is 0 Å². The Kier molecular flexibility index (Phi) is 6.12. The number of benzene rings is 3. The van der Waals surface area contributed by atoms with Crippen LogP contribution in [-0.4, -0.2) is 24.3 Å². The average Bonchev–Trinajstić information content (AvgIpc) is 3.32. The summed E-state index contributed by atoms with van der Waals surface area (Å²) in [4.78, 5) is 20.8. The van der Waals surface area contributed by atoms with E-state index < -0.39 is 0 Å². The minimum absolute atomic E-state index is 0.00894. The lowest BCUT2D eigenvalue weighted by atomic mass is 10.1. The third-order valence-corrected chi connectivity index (χ3v) is 6.55. The van der Waals surface area contributed by atoms with Gasteiger partial charge in [-0.1, -0.05) is 60.1 Å². The molecule has 0 radical (unpaired) electrons. The van der Waals surface area contributed by atoms with Gasteiger partial charge in [-0.2, -0.15) is 5.10 Å². The minimum atomic E-state index is -0.00894. The molecule has 6 aromatic rings. The molecular formula is C29H23ClN6O. The molecule has 0 aliphatic heterocycles. The molecule has 0 aliphatic rings. The summed E-state index contributed by atoms with van der Waals surface area (Å²) in [6.07, 6.45) is 5.30. The van der Waals surface area contributed by atoms with Crippen molar-refractivity contribution in [1.82, 2.24) is 24.3 Å². The Labute approximate surface area is 218 Å². The zero-order valence-corrected chi connectivity index (χ0v) is 20.6. The molecule has 0 saturated carbocycles. The second-order valence-corrected chi connectivity index (χ2v) is 9.39. The first-order chi connectivity index (χ1) is 18.1. The van der Waals surface area contributed by atoms with Crippen molar-refractivity contribution in [2.45, 2.75) is 19.6 Å². The number of fused-ring (bicyclic) bond motifs is 2. The molecule has 182 valence electrons. The largest absolute Gasteiger partial charge is 0.365 e. The maximum Gasteiger partial charge on any atom is 0.250 e. The van der Waals surface area contributed by atoms with E-state index in [1.807, 2.05) is 47.3 Å². The van der Waals surface area contributed by atoms with Gasteiger partial charge in [-0.25, -0.2) is 9.97 Å². The van der Waals surface area contributed by atoms with E-state index in [4.69, 9.17) is 11.6 Å². The standard InChI is InChI=1S/C29H23ClN6O/c30-25-11-10-23-9-8-22(13-24(23)14-25)15-31-28-26-18-36(34-29(26)33-19-32-28)17-21-6-4-20(5-7-21)16-35-12-2-1-3-27(35)37/h1-14,18-19H,15-17H2,(H,31,32,33,34). The van der Waals surface area contributed by atoms with Gasteiger partial charge in [-0.15, -0.1) is 0 Å². The zero-order chi connectivity index (χ0) is 25.2. The minimum Gasteiger partial charge on any atom is -0.365 e. The Bertz CT molecular complexity index is 1770. The van der Waals surface area contributed by atoms with Gasteiger partial charge in [0, 0.05) is 30.0 Å². The molecular weight excluding hydrogens is 484 g/mol. The number of rotatable bonds is 7. The lowest BCUT2D eigenvalue weighted by Crippen LogP contribution is -2.18. The molecule has 3 aromatic carbocycles. The molecule has 0 bridgehead atoms. The Morgan fingerprint density at radius 3 is 2.43 bits per heavy atom. The summed E-state index contributed by atoms with van der Waals surface area (Å²) in [5.74, 6) is 0.742. The van der Waals surface area contributed by atoms with Crippen molar-refractivity contribution in [3.63, 3.8) is 0 Å². The predicted octanol–water partition coefficient (Wildman–Crippen LogP) is 5.50. The fraction of sp³-hybridized carbons (Fsp3) is 0.103. The van der Waals surface area contributed by atoms with Gasteiger partial charge in [0.05, 0.1) is 18.5 Å². The van der Waals surface area contributed by atoms with E-state index in [1.54, 1.807) is 22.9 Å². The van der Waals surface area contributed by atoms with Crippen LogP contribution < -0.4 is 10.9 Å². The van der Waals surface area contributed by atoms with Crippen molar-refractivity contribution in [3.05, 3.63) is 130 Å². The summed E-state index contributed by atoms with van der Waals surface area (Å²) in [6, 6.07) is 25.6. The molecule has 0 saturated heterocycles. The summed E-state index contributed by atoms with van der Waals surface area (Å²) in [5, 5.41) is 11.9. The first-order valence-electron chi connectivity index (χ1n) is 11.9. The zero-order valence-electron chi connectivity index (χ0n) is 19.9. The number of halogens is 1. The number of hydrogen-bond donors (Lipinski definition) is 1. The highest BCUT2D eigenvalue weighted by molar-refractivity contribution is 6.31. The first-order valence-corrected chi connectivity index (χ1v) is 12.3. The van der Waals surface area contributed by atoms with Crippen molar-refractivity contribution in [2.24, 2.45) is 0 Å². The van der Waals surface area contributed by atoms with E-state index in [1.165, 1.54) is 6.33 Å². The van der Waals surface area contributed by atoms with Gasteiger partial charge in [-0.05, 0) is 51.7 Å². The molecule has 6 rings (SSSR count). The number of pyridine rings is 1. The molecule has 0 atom stereocenters. The van der Waals surface area contributed by atoms with Crippen molar-refractivity contribution in [2.75, 3.05) is 5.32 Å².